The minimum Gasteiger partial charge on any atom is -0.378 e. The van der Waals surface area contributed by atoms with Crippen LogP contribution in [0.5, 0.6) is 0 Å². The van der Waals surface area contributed by atoms with E-state index in [2.05, 4.69) is 16.4 Å². The number of benzene rings is 2. The number of nitrogens with zero attached hydrogens (tertiary/aromatic N) is 2. The zero-order valence-corrected chi connectivity index (χ0v) is 19.5. The van der Waals surface area contributed by atoms with Gasteiger partial charge in [-0.3, -0.25) is 4.79 Å². The number of aryl methyl sites for hydroxylation is 1. The van der Waals surface area contributed by atoms with Gasteiger partial charge in [0.15, 0.2) is 15.0 Å². The fourth-order valence-electron chi connectivity index (χ4n) is 3.71. The highest BCUT2D eigenvalue weighted by Gasteiger charge is 2.44. The van der Waals surface area contributed by atoms with E-state index in [0.29, 0.717) is 16.4 Å². The molecule has 0 aliphatic heterocycles. The van der Waals surface area contributed by atoms with Crippen molar-refractivity contribution in [1.29, 1.82) is 0 Å². The van der Waals surface area contributed by atoms with Crippen LogP contribution in [0, 0.1) is 12.8 Å². The summed E-state index contributed by atoms with van der Waals surface area (Å²) in [6.45, 7) is 1.78. The smallest absolute Gasteiger partial charge is 0.229 e. The van der Waals surface area contributed by atoms with Crippen molar-refractivity contribution in [3.05, 3.63) is 59.0 Å². The molecule has 1 saturated carbocycles. The summed E-state index contributed by atoms with van der Waals surface area (Å²) < 4.78 is 24.0. The van der Waals surface area contributed by atoms with Crippen molar-refractivity contribution in [2.24, 2.45) is 5.92 Å². The average molecular weight is 458 g/mol. The van der Waals surface area contributed by atoms with Crippen LogP contribution in [0.15, 0.2) is 52.7 Å². The minimum atomic E-state index is -3.29. The van der Waals surface area contributed by atoms with Crippen LogP contribution in [0.3, 0.4) is 0 Å². The molecule has 1 aromatic heterocycles. The number of amides is 1. The molecule has 0 bridgehead atoms. The maximum Gasteiger partial charge on any atom is 0.229 e. The van der Waals surface area contributed by atoms with E-state index in [-0.39, 0.29) is 19.2 Å². The van der Waals surface area contributed by atoms with Crippen LogP contribution in [0.4, 0.5) is 10.8 Å². The summed E-state index contributed by atoms with van der Waals surface area (Å²) in [7, 11) is 0.690. The van der Waals surface area contributed by atoms with Gasteiger partial charge in [-0.15, -0.1) is 11.3 Å². The minimum absolute atomic E-state index is 0. The van der Waals surface area contributed by atoms with Gasteiger partial charge in [0.1, 0.15) is 0 Å². The van der Waals surface area contributed by atoms with Gasteiger partial charge in [-0.2, -0.15) is 0 Å². The van der Waals surface area contributed by atoms with Crippen molar-refractivity contribution >= 4 is 37.9 Å². The Balaban J connectivity index is 0.00000289. The van der Waals surface area contributed by atoms with E-state index in [4.69, 9.17) is 0 Å². The van der Waals surface area contributed by atoms with Crippen molar-refractivity contribution in [2.45, 2.75) is 24.2 Å². The van der Waals surface area contributed by atoms with Crippen LogP contribution >= 0.6 is 11.3 Å². The van der Waals surface area contributed by atoms with Gasteiger partial charge in [-0.25, -0.2) is 13.4 Å². The molecule has 1 N–H and O–H groups in total. The summed E-state index contributed by atoms with van der Waals surface area (Å²) in [5.74, 6) is -0.203. The van der Waals surface area contributed by atoms with E-state index in [1.54, 1.807) is 13.0 Å². The molecule has 1 aliphatic carbocycles. The van der Waals surface area contributed by atoms with Gasteiger partial charge in [0.25, 0.3) is 0 Å². The highest BCUT2D eigenvalue weighted by atomic mass is 32.2. The number of sulfone groups is 1. The fraction of sp³-hybridized carbons (Fsp3) is 0.304. The number of hydrogen-bond acceptors (Lipinski definition) is 6. The lowest BCUT2D eigenvalue weighted by molar-refractivity contribution is -0.117. The van der Waals surface area contributed by atoms with E-state index in [9.17, 15) is 13.2 Å². The van der Waals surface area contributed by atoms with Gasteiger partial charge in [0, 0.05) is 44.3 Å². The molecule has 8 heteroatoms. The number of thiazole rings is 1. The Morgan fingerprint density at radius 1 is 1.23 bits per heavy atom. The maximum atomic E-state index is 12.7. The van der Waals surface area contributed by atoms with Crippen LogP contribution < -0.4 is 10.2 Å². The summed E-state index contributed by atoms with van der Waals surface area (Å²) in [5.41, 5.74) is 4.53. The Morgan fingerprint density at radius 3 is 2.71 bits per heavy atom. The number of hydrogen-bond donors (Lipinski definition) is 1. The van der Waals surface area contributed by atoms with E-state index in [1.165, 1.54) is 17.6 Å². The molecule has 164 valence electrons. The van der Waals surface area contributed by atoms with Gasteiger partial charge < -0.3 is 10.2 Å². The van der Waals surface area contributed by atoms with E-state index in [1.807, 2.05) is 54.7 Å². The molecule has 3 aromatic rings. The van der Waals surface area contributed by atoms with Crippen LogP contribution in [0.2, 0.25) is 0 Å². The van der Waals surface area contributed by atoms with Gasteiger partial charge in [-0.1, -0.05) is 24.3 Å². The normalized spacial score (nSPS) is 17.9. The summed E-state index contributed by atoms with van der Waals surface area (Å²) >= 11 is 1.40. The quantitative estimate of drug-likeness (QED) is 0.586. The lowest BCUT2D eigenvalue weighted by atomic mass is 10.1. The first kappa shape index (κ1) is 21.5. The predicted molar refractivity (Wildman–Crippen MR) is 128 cm³/mol. The highest BCUT2D eigenvalue weighted by Crippen LogP contribution is 2.48. The molecule has 2 unspecified atom stereocenters. The number of anilines is 2. The Hall–Kier alpha value is -2.71. The predicted octanol–water partition coefficient (Wildman–Crippen LogP) is 4.58. The second kappa shape index (κ2) is 8.09. The molecule has 1 amide bonds. The zero-order chi connectivity index (χ0) is 22.3. The number of rotatable bonds is 6. The van der Waals surface area contributed by atoms with Crippen LogP contribution in [0.1, 0.15) is 24.9 Å². The molecule has 1 aliphatic rings. The number of carbonyl (C=O) groups is 1. The lowest BCUT2D eigenvalue weighted by Crippen LogP contribution is -2.14. The summed E-state index contributed by atoms with van der Waals surface area (Å²) in [5, 5.41) is 5.44. The SMILES string of the molecule is Cc1ccc(C2CC2C(=O)Nc2nc(-c3cccc(N(C)C)c3)cs2)cc1S(C)(=O)=O.[HH]. The number of carbonyl (C=O) groups excluding carboxylic acids is 1. The number of nitrogens with one attached hydrogen (secondary N) is 1. The van der Waals surface area contributed by atoms with Crippen LogP contribution in [0.25, 0.3) is 11.3 Å². The average Bonchev–Trinajstić information content (AvgIpc) is 3.39. The molecular formula is C23H27N3O3S2. The molecule has 2 aromatic carbocycles. The first-order chi connectivity index (χ1) is 14.6. The molecule has 2 atom stereocenters. The fourth-order valence-corrected chi connectivity index (χ4v) is 5.43. The van der Waals surface area contributed by atoms with E-state index in [0.717, 1.165) is 28.1 Å². The van der Waals surface area contributed by atoms with Crippen LogP contribution in [-0.4, -0.2) is 39.7 Å². The third-order valence-corrected chi connectivity index (χ3v) is 7.56. The molecule has 31 heavy (non-hydrogen) atoms. The standard InChI is InChI=1S/C23H25N3O3S2.H2/c1-14-8-9-15(11-21(14)31(4,28)29)18-12-19(18)22(27)25-23-24-20(13-30-23)16-6-5-7-17(10-16)26(2)3;/h5-11,13,18-19H,12H2,1-4H3,(H,24,25,27);1H. The maximum absolute atomic E-state index is 12.7. The topological polar surface area (TPSA) is 79.4 Å². The van der Waals surface area contributed by atoms with E-state index < -0.39 is 9.84 Å². The number of aromatic nitrogens is 1. The summed E-state index contributed by atoms with van der Waals surface area (Å²) in [6, 6.07) is 13.5. The molecule has 6 nitrogen and oxygen atoms in total. The zero-order valence-electron chi connectivity index (χ0n) is 17.9. The van der Waals surface area contributed by atoms with Crippen molar-refractivity contribution < 1.29 is 14.6 Å². The van der Waals surface area contributed by atoms with Gasteiger partial charge in [0.2, 0.25) is 5.91 Å². The third-order valence-electron chi connectivity index (χ3n) is 5.56. The van der Waals surface area contributed by atoms with Gasteiger partial charge in [0.05, 0.1) is 10.6 Å². The molecule has 1 fully saturated rings. The summed E-state index contributed by atoms with van der Waals surface area (Å²) in [4.78, 5) is 19.7. The van der Waals surface area contributed by atoms with Crippen molar-refractivity contribution in [3.8, 4) is 11.3 Å². The Labute approximate surface area is 188 Å². The summed E-state index contributed by atoms with van der Waals surface area (Å²) in [6.07, 6.45) is 1.92. The Morgan fingerprint density at radius 2 is 2.00 bits per heavy atom. The Kier molecular flexibility index (Phi) is 5.61. The second-order valence-electron chi connectivity index (χ2n) is 8.22. The Bertz CT molecular complexity index is 1250. The monoisotopic (exact) mass is 457 g/mol. The molecule has 4 rings (SSSR count). The van der Waals surface area contributed by atoms with Crippen molar-refractivity contribution in [2.75, 3.05) is 30.6 Å². The van der Waals surface area contributed by atoms with Gasteiger partial charge in [-0.05, 0) is 48.6 Å². The molecule has 0 saturated heterocycles. The van der Waals surface area contributed by atoms with E-state index >= 15 is 0 Å². The molecule has 0 spiro atoms. The van der Waals surface area contributed by atoms with Crippen LogP contribution in [-0.2, 0) is 14.6 Å². The van der Waals surface area contributed by atoms with Crippen molar-refractivity contribution in [1.82, 2.24) is 4.98 Å². The third kappa shape index (κ3) is 4.65. The van der Waals surface area contributed by atoms with Crippen molar-refractivity contribution in [3.63, 3.8) is 0 Å². The van der Waals surface area contributed by atoms with Gasteiger partial charge >= 0.3 is 0 Å². The lowest BCUT2D eigenvalue weighted by Gasteiger charge is -2.12. The molecule has 0 radical (unpaired) electrons. The first-order valence-corrected chi connectivity index (χ1v) is 12.8. The molecular weight excluding hydrogens is 430 g/mol. The largest absolute Gasteiger partial charge is 0.378 e. The molecule has 1 heterocycles. The highest BCUT2D eigenvalue weighted by molar-refractivity contribution is 7.90. The second-order valence-corrected chi connectivity index (χ2v) is 11.1. The first-order valence-electron chi connectivity index (χ1n) is 9.98.